The lowest BCUT2D eigenvalue weighted by Gasteiger charge is -2.63. The molecule has 1 saturated carbocycles. The van der Waals surface area contributed by atoms with E-state index in [1.165, 1.54) is 10.8 Å². The number of halogens is 1. The third kappa shape index (κ3) is 4.29. The molecule has 160 valence electrons. The van der Waals surface area contributed by atoms with Crippen LogP contribution in [-0.4, -0.2) is 33.6 Å². The van der Waals surface area contributed by atoms with E-state index in [4.69, 9.17) is 21.6 Å². The molecule has 1 amide bonds. The summed E-state index contributed by atoms with van der Waals surface area (Å²) in [6.07, 6.45) is 3.20. The van der Waals surface area contributed by atoms with Crippen molar-refractivity contribution in [1.29, 1.82) is 5.26 Å². The molecule has 0 aliphatic heterocycles. The van der Waals surface area contributed by atoms with Gasteiger partial charge in [-0.3, -0.25) is 9.48 Å². The van der Waals surface area contributed by atoms with Crippen molar-refractivity contribution in [2.75, 3.05) is 5.75 Å². The average molecular weight is 465 g/mol. The summed E-state index contributed by atoms with van der Waals surface area (Å²) in [6, 6.07) is 7.02. The van der Waals surface area contributed by atoms with Crippen LogP contribution < -0.4 is 10.1 Å². The minimum atomic E-state index is -0.307. The summed E-state index contributed by atoms with van der Waals surface area (Å²) in [5, 5.41) is 16.8. The van der Waals surface area contributed by atoms with Crippen molar-refractivity contribution in [1.82, 2.24) is 15.1 Å². The Balaban J connectivity index is 1.70. The third-order valence-corrected chi connectivity index (χ3v) is 6.96. The van der Waals surface area contributed by atoms with Crippen molar-refractivity contribution in [2.45, 2.75) is 46.4 Å². The summed E-state index contributed by atoms with van der Waals surface area (Å²) in [6.45, 7) is 9.00. The zero-order chi connectivity index (χ0) is 22.1. The minimum absolute atomic E-state index is 0.0901. The number of nitrogens with zero attached hydrogens (tertiary/aromatic N) is 3. The highest BCUT2D eigenvalue weighted by Crippen LogP contribution is 2.55. The van der Waals surface area contributed by atoms with Crippen LogP contribution >= 0.6 is 34.1 Å². The van der Waals surface area contributed by atoms with E-state index in [1.54, 1.807) is 35.3 Å². The number of aryl methyl sites for hydroxylation is 1. The molecule has 0 radical (unpaired) electrons. The summed E-state index contributed by atoms with van der Waals surface area (Å²) in [7, 11) is 1.44. The minimum Gasteiger partial charge on any atom is -0.489 e. The molecule has 0 saturated heterocycles. The fourth-order valence-electron chi connectivity index (χ4n) is 4.55. The molecule has 0 bridgehead atoms. The summed E-state index contributed by atoms with van der Waals surface area (Å²) in [5.41, 5.74) is 0.333. The average Bonchev–Trinajstić information content (AvgIpc) is 3.17. The van der Waals surface area contributed by atoms with Crippen molar-refractivity contribution in [2.24, 2.45) is 10.8 Å². The highest BCUT2D eigenvalue weighted by molar-refractivity contribution is 8.68. The highest BCUT2D eigenvalue weighted by atomic mass is 35.5. The predicted molar refractivity (Wildman–Crippen MR) is 123 cm³/mol. The SMILES string of the molecule is CC1(C)C(NC(=O)c2cnn(CCSS)c2)C(C)(C)C1Oc1ccc(C#N)c(Cl)c1. The molecule has 0 spiro atoms. The van der Waals surface area contributed by atoms with Crippen LogP contribution in [0, 0.1) is 22.2 Å². The second-order valence-electron chi connectivity index (χ2n) is 8.63. The van der Waals surface area contributed by atoms with E-state index in [1.807, 2.05) is 6.07 Å². The molecular formula is C21H25ClN4O2S2. The molecule has 30 heavy (non-hydrogen) atoms. The smallest absolute Gasteiger partial charge is 0.254 e. The molecule has 1 aromatic heterocycles. The second kappa shape index (κ2) is 8.74. The highest BCUT2D eigenvalue weighted by Gasteiger charge is 2.64. The molecule has 9 heteroatoms. The first-order valence-corrected chi connectivity index (χ1v) is 12.0. The number of carbonyl (C=O) groups excluding carboxylic acids is 1. The number of amides is 1. The second-order valence-corrected chi connectivity index (χ2v) is 10.5. The molecule has 1 aliphatic carbocycles. The lowest BCUT2D eigenvalue weighted by Crippen LogP contribution is -2.74. The molecule has 1 aromatic carbocycles. The quantitative estimate of drug-likeness (QED) is 0.462. The standard InChI is InChI=1S/C21H25ClN4O2S2/c1-20(2)18(25-17(27)14-11-24-26(12-14)7-8-30-29)21(3,4)19(20)28-15-6-5-13(10-23)16(22)9-15/h5-6,9,11-12,18-19,29H,7-8H2,1-4H3,(H,25,27). The topological polar surface area (TPSA) is 79.9 Å². The monoisotopic (exact) mass is 464 g/mol. The number of carbonyl (C=O) groups is 1. The zero-order valence-corrected chi connectivity index (χ0v) is 19.8. The Bertz CT molecular complexity index is 968. The van der Waals surface area contributed by atoms with Gasteiger partial charge in [0.2, 0.25) is 0 Å². The van der Waals surface area contributed by atoms with Crippen molar-refractivity contribution in [3.63, 3.8) is 0 Å². The fourth-order valence-corrected chi connectivity index (χ4v) is 5.27. The van der Waals surface area contributed by atoms with Crippen molar-refractivity contribution in [3.8, 4) is 11.8 Å². The fraction of sp³-hybridized carbons (Fsp3) is 0.476. The van der Waals surface area contributed by atoms with Crippen molar-refractivity contribution >= 4 is 40.0 Å². The first-order valence-electron chi connectivity index (χ1n) is 9.57. The van der Waals surface area contributed by atoms with Crippen molar-refractivity contribution in [3.05, 3.63) is 46.7 Å². The van der Waals surface area contributed by atoms with E-state index >= 15 is 0 Å². The number of aromatic nitrogens is 2. The maximum atomic E-state index is 12.8. The van der Waals surface area contributed by atoms with Gasteiger partial charge in [0, 0.05) is 34.9 Å². The lowest BCUT2D eigenvalue weighted by atomic mass is 9.49. The van der Waals surface area contributed by atoms with E-state index < -0.39 is 0 Å². The number of thiol groups is 1. The van der Waals surface area contributed by atoms with Crippen molar-refractivity contribution < 1.29 is 9.53 Å². The molecule has 3 rings (SSSR count). The van der Waals surface area contributed by atoms with Gasteiger partial charge in [-0.05, 0) is 12.1 Å². The van der Waals surface area contributed by atoms with E-state index in [0.717, 1.165) is 5.75 Å². The maximum absolute atomic E-state index is 12.8. The van der Waals surface area contributed by atoms with Crippen LogP contribution in [0.25, 0.3) is 0 Å². The Kier molecular flexibility index (Phi) is 6.66. The Morgan fingerprint density at radius 2 is 2.10 bits per heavy atom. The summed E-state index contributed by atoms with van der Waals surface area (Å²) < 4.78 is 8.00. The lowest BCUT2D eigenvalue weighted by molar-refractivity contribution is -0.164. The van der Waals surface area contributed by atoms with Gasteiger partial charge in [-0.2, -0.15) is 10.4 Å². The number of nitrogens with one attached hydrogen (secondary N) is 1. The van der Waals surface area contributed by atoms with Gasteiger partial charge in [-0.1, -0.05) is 50.1 Å². The number of benzene rings is 1. The van der Waals surface area contributed by atoms with Crippen LogP contribution in [0.1, 0.15) is 43.6 Å². The van der Waals surface area contributed by atoms with Crippen LogP contribution in [0.2, 0.25) is 5.02 Å². The largest absolute Gasteiger partial charge is 0.489 e. The van der Waals surface area contributed by atoms with Gasteiger partial charge in [0.05, 0.1) is 28.9 Å². The zero-order valence-electron chi connectivity index (χ0n) is 17.3. The van der Waals surface area contributed by atoms with Crippen LogP contribution in [0.5, 0.6) is 5.75 Å². The Morgan fingerprint density at radius 1 is 1.40 bits per heavy atom. The maximum Gasteiger partial charge on any atom is 0.254 e. The van der Waals surface area contributed by atoms with Crippen LogP contribution in [0.3, 0.4) is 0 Å². The van der Waals surface area contributed by atoms with Gasteiger partial charge >= 0.3 is 0 Å². The molecule has 1 aliphatic rings. The van der Waals surface area contributed by atoms with Crippen LogP contribution in [0.4, 0.5) is 0 Å². The molecule has 1 heterocycles. The van der Waals surface area contributed by atoms with E-state index in [2.05, 4.69) is 49.8 Å². The number of ether oxygens (including phenoxy) is 1. The molecule has 2 aromatic rings. The molecule has 1 fully saturated rings. The Hall–Kier alpha value is -1.82. The van der Waals surface area contributed by atoms with Gasteiger partial charge in [-0.25, -0.2) is 0 Å². The Morgan fingerprint density at radius 3 is 2.70 bits per heavy atom. The number of nitriles is 1. The van der Waals surface area contributed by atoms with E-state index in [0.29, 0.717) is 28.4 Å². The first-order chi connectivity index (χ1) is 14.1. The third-order valence-electron chi connectivity index (χ3n) is 5.74. The molecule has 0 atom stereocenters. The summed E-state index contributed by atoms with van der Waals surface area (Å²) in [4.78, 5) is 12.8. The van der Waals surface area contributed by atoms with Gasteiger partial charge in [-0.15, -0.1) is 11.7 Å². The Labute approximate surface area is 191 Å². The van der Waals surface area contributed by atoms with Crippen LogP contribution in [-0.2, 0) is 6.54 Å². The number of hydrogen-bond donors (Lipinski definition) is 2. The van der Waals surface area contributed by atoms with Crippen LogP contribution in [0.15, 0.2) is 30.6 Å². The van der Waals surface area contributed by atoms with E-state index in [9.17, 15) is 4.79 Å². The molecule has 0 unspecified atom stereocenters. The molecular weight excluding hydrogens is 440 g/mol. The van der Waals surface area contributed by atoms with E-state index in [-0.39, 0.29) is 28.9 Å². The van der Waals surface area contributed by atoms with Gasteiger partial charge < -0.3 is 10.1 Å². The summed E-state index contributed by atoms with van der Waals surface area (Å²) in [5.74, 6) is 1.27. The summed E-state index contributed by atoms with van der Waals surface area (Å²) >= 11 is 10.3. The normalized spacial score (nSPS) is 21.4. The number of rotatable bonds is 7. The number of hydrogen-bond acceptors (Lipinski definition) is 6. The molecule has 6 nitrogen and oxygen atoms in total. The van der Waals surface area contributed by atoms with Gasteiger partial charge in [0.1, 0.15) is 17.9 Å². The van der Waals surface area contributed by atoms with Gasteiger partial charge in [0.15, 0.2) is 0 Å². The first kappa shape index (κ1) is 22.9. The molecule has 1 N–H and O–H groups in total. The van der Waals surface area contributed by atoms with Gasteiger partial charge in [0.25, 0.3) is 5.91 Å². The predicted octanol–water partition coefficient (Wildman–Crippen LogP) is 4.60.